The largest absolute Gasteiger partial charge is 0.393 e. The van der Waals surface area contributed by atoms with Gasteiger partial charge in [-0.1, -0.05) is 13.8 Å². The zero-order valence-electron chi connectivity index (χ0n) is 13.8. The highest BCUT2D eigenvalue weighted by atomic mass is 16.3. The van der Waals surface area contributed by atoms with Crippen molar-refractivity contribution in [2.75, 3.05) is 6.54 Å². The molecule has 2 aromatic heterocycles. The molecule has 0 saturated carbocycles. The summed E-state index contributed by atoms with van der Waals surface area (Å²) in [5.74, 6) is 0.0369. The second-order valence-electron chi connectivity index (χ2n) is 6.07. The number of carbonyl (C=O) groups is 1. The average Bonchev–Trinajstić information content (AvgIpc) is 2.72. The molecule has 2 heterocycles. The Bertz CT molecular complexity index is 691. The molecule has 22 heavy (non-hydrogen) atoms. The fourth-order valence-corrected chi connectivity index (χ4v) is 2.51. The molecule has 1 unspecified atom stereocenters. The van der Waals surface area contributed by atoms with Crippen molar-refractivity contribution in [2.45, 2.75) is 40.2 Å². The molecule has 0 aliphatic rings. The van der Waals surface area contributed by atoms with E-state index in [0.29, 0.717) is 24.2 Å². The summed E-state index contributed by atoms with van der Waals surface area (Å²) in [5, 5.41) is 17.8. The van der Waals surface area contributed by atoms with E-state index in [1.807, 2.05) is 34.7 Å². The highest BCUT2D eigenvalue weighted by Gasteiger charge is 2.18. The third kappa shape index (κ3) is 3.27. The first-order valence-electron chi connectivity index (χ1n) is 7.58. The summed E-state index contributed by atoms with van der Waals surface area (Å²) < 4.78 is 1.69. The van der Waals surface area contributed by atoms with Gasteiger partial charge in [-0.25, -0.2) is 4.98 Å². The van der Waals surface area contributed by atoms with Gasteiger partial charge in [0.25, 0.3) is 5.91 Å². The molecule has 0 aliphatic carbocycles. The van der Waals surface area contributed by atoms with Crippen molar-refractivity contribution in [3.8, 4) is 0 Å². The second kappa shape index (κ2) is 6.44. The summed E-state index contributed by atoms with van der Waals surface area (Å²) in [5.41, 5.74) is 2.87. The first-order chi connectivity index (χ1) is 10.3. The van der Waals surface area contributed by atoms with Crippen molar-refractivity contribution in [3.63, 3.8) is 0 Å². The zero-order chi connectivity index (χ0) is 16.4. The highest BCUT2D eigenvalue weighted by Crippen LogP contribution is 2.21. The molecule has 0 spiro atoms. The molecule has 2 aromatic rings. The molecular weight excluding hydrogens is 280 g/mol. The van der Waals surface area contributed by atoms with Crippen molar-refractivity contribution >= 4 is 16.9 Å². The van der Waals surface area contributed by atoms with Gasteiger partial charge in [0.05, 0.1) is 22.7 Å². The number of rotatable bonds is 5. The summed E-state index contributed by atoms with van der Waals surface area (Å²) in [6.07, 6.45) is 0.141. The maximum atomic E-state index is 12.5. The van der Waals surface area contributed by atoms with E-state index in [1.165, 1.54) is 0 Å². The van der Waals surface area contributed by atoms with E-state index in [4.69, 9.17) is 0 Å². The predicted molar refractivity (Wildman–Crippen MR) is 85.8 cm³/mol. The van der Waals surface area contributed by atoms with Gasteiger partial charge in [0.1, 0.15) is 0 Å². The first kappa shape index (κ1) is 16.4. The maximum absolute atomic E-state index is 12.5. The summed E-state index contributed by atoms with van der Waals surface area (Å²) in [6, 6.07) is 1.78. The molecule has 120 valence electrons. The number of aliphatic hydroxyl groups is 1. The molecule has 0 bridgehead atoms. The number of aromatic nitrogens is 3. The van der Waals surface area contributed by atoms with Crippen molar-refractivity contribution in [1.29, 1.82) is 0 Å². The normalized spacial score (nSPS) is 12.9. The van der Waals surface area contributed by atoms with Crippen LogP contribution in [0.3, 0.4) is 0 Å². The predicted octanol–water partition coefficient (Wildman–Crippen LogP) is 1.72. The van der Waals surface area contributed by atoms with E-state index in [-0.39, 0.29) is 11.8 Å². The minimum absolute atomic E-state index is 0.150. The minimum atomic E-state index is -0.403. The topological polar surface area (TPSA) is 80.0 Å². The average molecular weight is 304 g/mol. The van der Waals surface area contributed by atoms with E-state index < -0.39 is 6.10 Å². The number of aryl methyl sites for hydroxylation is 3. The van der Waals surface area contributed by atoms with Gasteiger partial charge in [-0.15, -0.1) is 0 Å². The van der Waals surface area contributed by atoms with Crippen molar-refractivity contribution in [3.05, 3.63) is 23.0 Å². The Balaban J connectivity index is 2.21. The molecule has 0 fully saturated rings. The standard InChI is InChI=1S/C16H24N4O2/c1-9(2)13(21)6-7-17-16(22)12-8-10(3)18-15-14(12)11(4)19-20(15)5/h8-9,13,21H,6-7H2,1-5H3,(H,17,22). The molecule has 0 radical (unpaired) electrons. The molecule has 6 nitrogen and oxygen atoms in total. The number of carbonyl (C=O) groups excluding carboxylic acids is 1. The zero-order valence-corrected chi connectivity index (χ0v) is 13.8. The van der Waals surface area contributed by atoms with Crippen LogP contribution in [-0.4, -0.2) is 38.4 Å². The van der Waals surface area contributed by atoms with Gasteiger partial charge in [-0.05, 0) is 32.3 Å². The van der Waals surface area contributed by atoms with Gasteiger partial charge in [-0.3, -0.25) is 9.48 Å². The van der Waals surface area contributed by atoms with Crippen LogP contribution in [0.4, 0.5) is 0 Å². The number of fused-ring (bicyclic) bond motifs is 1. The van der Waals surface area contributed by atoms with Crippen molar-refractivity contribution < 1.29 is 9.90 Å². The van der Waals surface area contributed by atoms with Crippen LogP contribution in [0.1, 0.15) is 42.0 Å². The lowest BCUT2D eigenvalue weighted by atomic mass is 10.0. The number of aliphatic hydroxyl groups excluding tert-OH is 1. The van der Waals surface area contributed by atoms with Crippen molar-refractivity contribution in [1.82, 2.24) is 20.1 Å². The van der Waals surface area contributed by atoms with Crippen LogP contribution >= 0.6 is 0 Å². The first-order valence-corrected chi connectivity index (χ1v) is 7.58. The van der Waals surface area contributed by atoms with Gasteiger partial charge >= 0.3 is 0 Å². The fourth-order valence-electron chi connectivity index (χ4n) is 2.51. The van der Waals surface area contributed by atoms with Crippen molar-refractivity contribution in [2.24, 2.45) is 13.0 Å². The molecule has 2 N–H and O–H groups in total. The highest BCUT2D eigenvalue weighted by molar-refractivity contribution is 6.06. The molecular formula is C16H24N4O2. The Labute approximate surface area is 130 Å². The molecule has 2 rings (SSSR count). The molecule has 0 aliphatic heterocycles. The number of amides is 1. The van der Waals surface area contributed by atoms with Crippen LogP contribution in [0.15, 0.2) is 6.07 Å². The molecule has 0 saturated heterocycles. The van der Waals surface area contributed by atoms with Gasteiger partial charge < -0.3 is 10.4 Å². The Hall–Kier alpha value is -1.95. The number of hydrogen-bond acceptors (Lipinski definition) is 4. The minimum Gasteiger partial charge on any atom is -0.393 e. The Morgan fingerprint density at radius 2 is 2.09 bits per heavy atom. The number of hydrogen-bond donors (Lipinski definition) is 2. The lowest BCUT2D eigenvalue weighted by Crippen LogP contribution is -2.29. The number of nitrogens with one attached hydrogen (secondary N) is 1. The summed E-state index contributed by atoms with van der Waals surface area (Å²) in [4.78, 5) is 16.9. The Kier molecular flexibility index (Phi) is 4.81. The van der Waals surface area contributed by atoms with E-state index in [1.54, 1.807) is 10.7 Å². The van der Waals surface area contributed by atoms with E-state index in [9.17, 15) is 9.90 Å². The molecule has 1 amide bonds. The van der Waals surface area contributed by atoms with E-state index in [0.717, 1.165) is 16.8 Å². The van der Waals surface area contributed by atoms with E-state index in [2.05, 4.69) is 15.4 Å². The third-order valence-electron chi connectivity index (χ3n) is 3.84. The van der Waals surface area contributed by atoms with Crippen LogP contribution in [0.2, 0.25) is 0 Å². The quantitative estimate of drug-likeness (QED) is 0.881. The van der Waals surface area contributed by atoms with Gasteiger partial charge in [0.15, 0.2) is 5.65 Å². The summed E-state index contributed by atoms with van der Waals surface area (Å²) in [6.45, 7) is 8.10. The fraction of sp³-hybridized carbons (Fsp3) is 0.562. The van der Waals surface area contributed by atoms with Crippen LogP contribution in [-0.2, 0) is 7.05 Å². The molecule has 0 aromatic carbocycles. The summed E-state index contributed by atoms with van der Waals surface area (Å²) >= 11 is 0. The monoisotopic (exact) mass is 304 g/mol. The van der Waals surface area contributed by atoms with Gasteiger partial charge in [-0.2, -0.15) is 5.10 Å². The van der Waals surface area contributed by atoms with Gasteiger partial charge in [0, 0.05) is 19.3 Å². The summed E-state index contributed by atoms with van der Waals surface area (Å²) in [7, 11) is 1.82. The van der Waals surface area contributed by atoms with Crippen LogP contribution in [0.5, 0.6) is 0 Å². The van der Waals surface area contributed by atoms with Crippen LogP contribution < -0.4 is 5.32 Å². The smallest absolute Gasteiger partial charge is 0.252 e. The third-order valence-corrected chi connectivity index (χ3v) is 3.84. The SMILES string of the molecule is Cc1cc(C(=O)NCCC(O)C(C)C)c2c(C)nn(C)c2n1. The lowest BCUT2D eigenvalue weighted by molar-refractivity contribution is 0.0921. The number of nitrogens with zero attached hydrogens (tertiary/aromatic N) is 3. The Morgan fingerprint density at radius 1 is 1.41 bits per heavy atom. The van der Waals surface area contributed by atoms with E-state index >= 15 is 0 Å². The number of pyridine rings is 1. The van der Waals surface area contributed by atoms with Crippen LogP contribution in [0, 0.1) is 19.8 Å². The second-order valence-corrected chi connectivity index (χ2v) is 6.07. The lowest BCUT2D eigenvalue weighted by Gasteiger charge is -2.14. The Morgan fingerprint density at radius 3 is 2.73 bits per heavy atom. The van der Waals surface area contributed by atoms with Gasteiger partial charge in [0.2, 0.25) is 0 Å². The molecule has 6 heteroatoms. The molecule has 1 atom stereocenters. The van der Waals surface area contributed by atoms with Crippen LogP contribution in [0.25, 0.3) is 11.0 Å². The maximum Gasteiger partial charge on any atom is 0.252 e.